The molecule has 1 heterocycles. The van der Waals surface area contributed by atoms with Crippen LogP contribution in [0.5, 0.6) is 0 Å². The number of aryl methyl sites for hydroxylation is 1. The van der Waals surface area contributed by atoms with E-state index in [-0.39, 0.29) is 5.56 Å². The molecule has 0 aromatic heterocycles. The Morgan fingerprint density at radius 2 is 1.70 bits per heavy atom. The lowest BCUT2D eigenvalue weighted by Gasteiger charge is -2.34. The van der Waals surface area contributed by atoms with E-state index in [4.69, 9.17) is 0 Å². The Hall–Kier alpha value is -2.54. The average Bonchev–Trinajstić information content (AvgIpc) is 2.63. The van der Waals surface area contributed by atoms with Crippen LogP contribution < -0.4 is 10.2 Å². The molecule has 2 aromatic carbocycles. The molecule has 3 rings (SSSR count). The number of amides is 1. The first kappa shape index (κ1) is 19.2. The van der Waals surface area contributed by atoms with Crippen LogP contribution in [0.15, 0.2) is 42.5 Å². The molecule has 2 aromatic rings. The smallest absolute Gasteiger partial charge is 0.369 e. The van der Waals surface area contributed by atoms with Gasteiger partial charge in [-0.25, -0.2) is 0 Å². The number of nitrogens with one attached hydrogen (secondary N) is 1. The van der Waals surface area contributed by atoms with E-state index in [0.717, 1.165) is 43.5 Å². The SMILES string of the molecule is Cc1cc(N2CCN(C)CC2)ccc1NC(=O)c1ccccc1C(F)(F)F. The molecule has 0 saturated carbocycles. The van der Waals surface area contributed by atoms with E-state index >= 15 is 0 Å². The zero-order chi connectivity index (χ0) is 19.6. The Bertz CT molecular complexity index is 827. The second-order valence-corrected chi connectivity index (χ2v) is 6.79. The van der Waals surface area contributed by atoms with Gasteiger partial charge in [0.25, 0.3) is 5.91 Å². The molecule has 1 aliphatic heterocycles. The van der Waals surface area contributed by atoms with Crippen molar-refractivity contribution in [3.8, 4) is 0 Å². The van der Waals surface area contributed by atoms with Gasteiger partial charge in [-0.1, -0.05) is 12.1 Å². The highest BCUT2D eigenvalue weighted by Crippen LogP contribution is 2.32. The molecular weight excluding hydrogens is 355 g/mol. The van der Waals surface area contributed by atoms with Gasteiger partial charge in [0.1, 0.15) is 0 Å². The molecule has 7 heteroatoms. The van der Waals surface area contributed by atoms with Crippen molar-refractivity contribution in [2.45, 2.75) is 13.1 Å². The summed E-state index contributed by atoms with van der Waals surface area (Å²) >= 11 is 0. The summed E-state index contributed by atoms with van der Waals surface area (Å²) in [5.41, 5.74) is 1.05. The van der Waals surface area contributed by atoms with Crippen LogP contribution in [0.1, 0.15) is 21.5 Å². The lowest BCUT2D eigenvalue weighted by molar-refractivity contribution is -0.137. The summed E-state index contributed by atoms with van der Waals surface area (Å²) in [6, 6.07) is 10.4. The molecule has 0 unspecified atom stereocenters. The molecule has 27 heavy (non-hydrogen) atoms. The normalized spacial score (nSPS) is 15.7. The van der Waals surface area contributed by atoms with E-state index in [1.54, 1.807) is 6.07 Å². The van der Waals surface area contributed by atoms with Crippen molar-refractivity contribution in [3.63, 3.8) is 0 Å². The van der Waals surface area contributed by atoms with Gasteiger partial charge >= 0.3 is 6.18 Å². The van der Waals surface area contributed by atoms with E-state index in [2.05, 4.69) is 22.2 Å². The van der Waals surface area contributed by atoms with Crippen LogP contribution in [0.4, 0.5) is 24.5 Å². The summed E-state index contributed by atoms with van der Waals surface area (Å²) in [4.78, 5) is 17.0. The van der Waals surface area contributed by atoms with Gasteiger partial charge in [0.05, 0.1) is 11.1 Å². The molecule has 1 aliphatic rings. The maximum Gasteiger partial charge on any atom is 0.417 e. The van der Waals surface area contributed by atoms with Crippen molar-refractivity contribution in [1.82, 2.24) is 4.90 Å². The number of alkyl halides is 3. The third-order valence-corrected chi connectivity index (χ3v) is 4.80. The van der Waals surface area contributed by atoms with Gasteiger partial charge in [-0.3, -0.25) is 4.79 Å². The first-order chi connectivity index (χ1) is 12.8. The van der Waals surface area contributed by atoms with Crippen LogP contribution in [-0.4, -0.2) is 44.0 Å². The molecule has 0 aliphatic carbocycles. The lowest BCUT2D eigenvalue weighted by atomic mass is 10.1. The lowest BCUT2D eigenvalue weighted by Crippen LogP contribution is -2.44. The maximum absolute atomic E-state index is 13.1. The largest absolute Gasteiger partial charge is 0.417 e. The van der Waals surface area contributed by atoms with Crippen LogP contribution in [0, 0.1) is 6.92 Å². The topological polar surface area (TPSA) is 35.6 Å². The number of benzene rings is 2. The average molecular weight is 377 g/mol. The van der Waals surface area contributed by atoms with Crippen molar-refractivity contribution in [2.75, 3.05) is 43.4 Å². The second kappa shape index (κ2) is 7.60. The molecule has 1 amide bonds. The van der Waals surface area contributed by atoms with Gasteiger partial charge in [0, 0.05) is 37.6 Å². The summed E-state index contributed by atoms with van der Waals surface area (Å²) in [6.07, 6.45) is -4.58. The Morgan fingerprint density at radius 1 is 1.04 bits per heavy atom. The van der Waals surface area contributed by atoms with E-state index in [9.17, 15) is 18.0 Å². The van der Waals surface area contributed by atoms with E-state index < -0.39 is 17.6 Å². The van der Waals surface area contributed by atoms with Crippen LogP contribution in [0.25, 0.3) is 0 Å². The Morgan fingerprint density at radius 3 is 2.33 bits per heavy atom. The quantitative estimate of drug-likeness (QED) is 0.878. The third kappa shape index (κ3) is 4.42. The summed E-state index contributed by atoms with van der Waals surface area (Å²) in [7, 11) is 2.08. The molecule has 0 radical (unpaired) electrons. The number of hydrogen-bond donors (Lipinski definition) is 1. The molecule has 0 spiro atoms. The minimum Gasteiger partial charge on any atom is -0.369 e. The fourth-order valence-corrected chi connectivity index (χ4v) is 3.17. The second-order valence-electron chi connectivity index (χ2n) is 6.79. The molecular formula is C20H22F3N3O. The van der Waals surface area contributed by atoms with Crippen LogP contribution in [0.3, 0.4) is 0 Å². The van der Waals surface area contributed by atoms with Gasteiger partial charge in [0.2, 0.25) is 0 Å². The number of carbonyl (C=O) groups excluding carboxylic acids is 1. The Labute approximate surface area is 156 Å². The zero-order valence-corrected chi connectivity index (χ0v) is 15.3. The minimum atomic E-state index is -4.58. The van der Waals surface area contributed by atoms with Gasteiger partial charge < -0.3 is 15.1 Å². The molecule has 144 valence electrons. The maximum atomic E-state index is 13.1. The summed E-state index contributed by atoms with van der Waals surface area (Å²) < 4.78 is 39.4. The predicted molar refractivity (Wildman–Crippen MR) is 100 cm³/mol. The van der Waals surface area contributed by atoms with Crippen molar-refractivity contribution in [3.05, 3.63) is 59.2 Å². The molecule has 1 N–H and O–H groups in total. The van der Waals surface area contributed by atoms with Crippen molar-refractivity contribution in [2.24, 2.45) is 0 Å². The monoisotopic (exact) mass is 377 g/mol. The van der Waals surface area contributed by atoms with Crippen LogP contribution in [0.2, 0.25) is 0 Å². The van der Waals surface area contributed by atoms with Crippen LogP contribution >= 0.6 is 0 Å². The van der Waals surface area contributed by atoms with E-state index in [1.165, 1.54) is 18.2 Å². The zero-order valence-electron chi connectivity index (χ0n) is 15.3. The van der Waals surface area contributed by atoms with E-state index in [1.807, 2.05) is 19.1 Å². The Balaban J connectivity index is 1.78. The Kier molecular flexibility index (Phi) is 5.41. The number of hydrogen-bond acceptors (Lipinski definition) is 3. The molecule has 4 nitrogen and oxygen atoms in total. The standard InChI is InChI=1S/C20H22F3N3O/c1-14-13-15(26-11-9-25(2)10-12-26)7-8-18(14)24-19(27)16-5-3-4-6-17(16)20(21,22)23/h3-8,13H,9-12H2,1-2H3,(H,24,27). The highest BCUT2D eigenvalue weighted by molar-refractivity contribution is 6.05. The summed E-state index contributed by atoms with van der Waals surface area (Å²) in [6.45, 7) is 5.63. The number of carbonyl (C=O) groups is 1. The minimum absolute atomic E-state index is 0.382. The van der Waals surface area contributed by atoms with Gasteiger partial charge in [-0.2, -0.15) is 13.2 Å². The number of nitrogens with zero attached hydrogens (tertiary/aromatic N) is 2. The predicted octanol–water partition coefficient (Wildman–Crippen LogP) is 4.02. The van der Waals surface area contributed by atoms with Crippen molar-refractivity contribution < 1.29 is 18.0 Å². The fraction of sp³-hybridized carbons (Fsp3) is 0.350. The van der Waals surface area contributed by atoms with Crippen molar-refractivity contribution in [1.29, 1.82) is 0 Å². The van der Waals surface area contributed by atoms with Gasteiger partial charge in [0.15, 0.2) is 0 Å². The highest BCUT2D eigenvalue weighted by atomic mass is 19.4. The molecule has 1 saturated heterocycles. The highest BCUT2D eigenvalue weighted by Gasteiger charge is 2.34. The first-order valence-electron chi connectivity index (χ1n) is 8.77. The summed E-state index contributed by atoms with van der Waals surface area (Å²) in [5, 5.41) is 2.61. The number of piperazine rings is 1. The third-order valence-electron chi connectivity index (χ3n) is 4.80. The fourth-order valence-electron chi connectivity index (χ4n) is 3.17. The molecule has 0 atom stereocenters. The number of halogens is 3. The van der Waals surface area contributed by atoms with Gasteiger partial charge in [-0.05, 0) is 49.9 Å². The van der Waals surface area contributed by atoms with Crippen molar-refractivity contribution >= 4 is 17.3 Å². The first-order valence-corrected chi connectivity index (χ1v) is 8.77. The summed E-state index contributed by atoms with van der Waals surface area (Å²) in [5.74, 6) is -0.765. The number of anilines is 2. The molecule has 1 fully saturated rings. The number of rotatable bonds is 3. The van der Waals surface area contributed by atoms with E-state index in [0.29, 0.717) is 5.69 Å². The number of likely N-dealkylation sites (N-methyl/N-ethyl adjacent to an activating group) is 1. The van der Waals surface area contributed by atoms with Gasteiger partial charge in [-0.15, -0.1) is 0 Å². The molecule has 0 bridgehead atoms. The van der Waals surface area contributed by atoms with Crippen LogP contribution in [-0.2, 0) is 6.18 Å².